The van der Waals surface area contributed by atoms with E-state index < -0.39 is 35.5 Å². The molecule has 4 amide bonds. The molecule has 0 bridgehead atoms. The van der Waals surface area contributed by atoms with Crippen molar-refractivity contribution in [1.29, 1.82) is 0 Å². The first-order chi connectivity index (χ1) is 29.3. The van der Waals surface area contributed by atoms with Gasteiger partial charge in [0.2, 0.25) is 0 Å². The third-order valence-electron chi connectivity index (χ3n) is 12.6. The molecular formula is C42H56ClF3N8O7. The Bertz CT molecular complexity index is 1860. The number of benzene rings is 2. The number of hydrogen-bond donors (Lipinski definition) is 2. The summed E-state index contributed by atoms with van der Waals surface area (Å²) in [6.07, 6.45) is -3.96. The van der Waals surface area contributed by atoms with E-state index >= 15 is 0 Å². The van der Waals surface area contributed by atoms with Gasteiger partial charge in [0, 0.05) is 103 Å². The van der Waals surface area contributed by atoms with Crippen molar-refractivity contribution in [2.75, 3.05) is 116 Å². The molecule has 2 aromatic carbocycles. The van der Waals surface area contributed by atoms with Crippen LogP contribution in [0.25, 0.3) is 0 Å². The Balaban J connectivity index is 0.925. The van der Waals surface area contributed by atoms with E-state index in [1.807, 2.05) is 24.3 Å². The average Bonchev–Trinajstić information content (AvgIpc) is 3.42. The van der Waals surface area contributed by atoms with Crippen molar-refractivity contribution in [3.8, 4) is 0 Å². The maximum atomic E-state index is 14.2. The first kappa shape index (κ1) is 44.7. The van der Waals surface area contributed by atoms with Crippen LogP contribution in [0.4, 0.5) is 34.1 Å². The van der Waals surface area contributed by atoms with Crippen molar-refractivity contribution in [3.63, 3.8) is 0 Å². The fourth-order valence-electron chi connectivity index (χ4n) is 9.01. The zero-order valence-corrected chi connectivity index (χ0v) is 35.1. The lowest BCUT2D eigenvalue weighted by Gasteiger charge is -2.43. The fourth-order valence-corrected chi connectivity index (χ4v) is 9.25. The van der Waals surface area contributed by atoms with E-state index in [0.717, 1.165) is 56.3 Å². The van der Waals surface area contributed by atoms with Crippen molar-refractivity contribution in [2.24, 2.45) is 0 Å². The van der Waals surface area contributed by atoms with Crippen LogP contribution in [0.1, 0.15) is 42.4 Å². The predicted molar refractivity (Wildman–Crippen MR) is 221 cm³/mol. The van der Waals surface area contributed by atoms with E-state index in [0.29, 0.717) is 78.4 Å². The van der Waals surface area contributed by atoms with Crippen LogP contribution in [0.15, 0.2) is 36.4 Å². The third kappa shape index (κ3) is 11.6. The molecule has 5 aliphatic rings. The highest BCUT2D eigenvalue weighted by molar-refractivity contribution is 6.33. The summed E-state index contributed by atoms with van der Waals surface area (Å²) in [5, 5.41) is 2.67. The van der Waals surface area contributed by atoms with Gasteiger partial charge in [-0.05, 0) is 61.4 Å². The molecule has 4 saturated heterocycles. The van der Waals surface area contributed by atoms with Gasteiger partial charge in [-0.2, -0.15) is 13.2 Å². The van der Waals surface area contributed by atoms with Gasteiger partial charge in [-0.15, -0.1) is 0 Å². The Labute approximate surface area is 359 Å². The normalized spacial score (nSPS) is 21.0. The van der Waals surface area contributed by atoms with E-state index in [4.69, 9.17) is 31.5 Å². The molecule has 334 valence electrons. The predicted octanol–water partition coefficient (Wildman–Crippen LogP) is 4.03. The molecule has 0 saturated carbocycles. The number of ether oxygens (including phenoxy) is 3. The average molecular weight is 877 g/mol. The number of carbonyl (C=O) groups is 4. The second kappa shape index (κ2) is 20.2. The van der Waals surface area contributed by atoms with Crippen LogP contribution < -0.4 is 11.1 Å². The Kier molecular flexibility index (Phi) is 14.8. The summed E-state index contributed by atoms with van der Waals surface area (Å²) in [4.78, 5) is 65.1. The maximum Gasteiger partial charge on any atom is 0.418 e. The summed E-state index contributed by atoms with van der Waals surface area (Å²) in [6.45, 7) is 8.70. The number of urea groups is 1. The first-order valence-corrected chi connectivity index (χ1v) is 21.7. The van der Waals surface area contributed by atoms with Crippen molar-refractivity contribution in [1.82, 2.24) is 29.4 Å². The first-order valence-electron chi connectivity index (χ1n) is 21.3. The standard InChI is InChI=1S/C42H56ClF3N8O7/c43-34-26-29(25-33(38(34)47)42(44,45)46)27-36(61-41(58)53-12-8-32(9-13-53)54-14-5-30-3-1-2-4-35(30)48-40(54)57)39(56)52-17-15-51(16-18-52)31-6-10-50(11-7-31)28-37(55)60-24-21-49-19-22-59-23-20-49/h1-4,25-26,31-32,36H,5-24,27-28,47H2,(H,48,57). The molecule has 15 nitrogen and oxygen atoms in total. The summed E-state index contributed by atoms with van der Waals surface area (Å²) in [6, 6.07) is 9.72. The van der Waals surface area contributed by atoms with Gasteiger partial charge in [0.25, 0.3) is 5.91 Å². The number of carbonyl (C=O) groups excluding carboxylic acids is 4. The molecule has 1 atom stereocenters. The lowest BCUT2D eigenvalue weighted by atomic mass is 10.0. The number of piperidine rings is 2. The minimum atomic E-state index is -4.80. The van der Waals surface area contributed by atoms with Gasteiger partial charge in [-0.1, -0.05) is 29.8 Å². The number of esters is 1. The molecule has 0 aromatic heterocycles. The number of nitrogens with two attached hydrogens (primary N) is 1. The molecule has 0 radical (unpaired) electrons. The molecular weight excluding hydrogens is 821 g/mol. The zero-order valence-electron chi connectivity index (χ0n) is 34.4. The van der Waals surface area contributed by atoms with Crippen molar-refractivity contribution >= 4 is 47.0 Å². The molecule has 0 spiro atoms. The number of morpholine rings is 1. The largest absolute Gasteiger partial charge is 0.463 e. The quantitative estimate of drug-likeness (QED) is 0.249. The van der Waals surface area contributed by atoms with E-state index in [1.165, 1.54) is 11.0 Å². The van der Waals surface area contributed by atoms with Gasteiger partial charge in [0.15, 0.2) is 6.10 Å². The number of anilines is 2. The van der Waals surface area contributed by atoms with Crippen LogP contribution in [0.2, 0.25) is 5.02 Å². The van der Waals surface area contributed by atoms with Crippen LogP contribution in [-0.4, -0.2) is 176 Å². The number of fused-ring (bicyclic) bond motifs is 1. The lowest BCUT2D eigenvalue weighted by molar-refractivity contribution is -0.146. The third-order valence-corrected chi connectivity index (χ3v) is 12.9. The maximum absolute atomic E-state index is 14.2. The van der Waals surface area contributed by atoms with E-state index in [9.17, 15) is 32.3 Å². The van der Waals surface area contributed by atoms with Gasteiger partial charge in [-0.25, -0.2) is 9.59 Å². The number of nitrogen functional groups attached to an aromatic ring is 1. The van der Waals surface area contributed by atoms with Gasteiger partial charge < -0.3 is 40.0 Å². The summed E-state index contributed by atoms with van der Waals surface area (Å²) < 4.78 is 58.6. The molecule has 4 fully saturated rings. The molecule has 19 heteroatoms. The van der Waals surface area contributed by atoms with Crippen molar-refractivity contribution in [3.05, 3.63) is 58.1 Å². The van der Waals surface area contributed by atoms with Crippen LogP contribution in [0.3, 0.4) is 0 Å². The summed E-state index contributed by atoms with van der Waals surface area (Å²) in [7, 11) is 0. The zero-order chi connectivity index (χ0) is 43.1. The Morgan fingerprint density at radius 1 is 0.869 bits per heavy atom. The van der Waals surface area contributed by atoms with Gasteiger partial charge in [0.1, 0.15) is 6.61 Å². The number of amides is 4. The summed E-state index contributed by atoms with van der Waals surface area (Å²) in [5.41, 5.74) is 5.83. The summed E-state index contributed by atoms with van der Waals surface area (Å²) >= 11 is 6.15. The second-order valence-corrected chi connectivity index (χ2v) is 16.8. The molecule has 0 aliphatic carbocycles. The molecule has 61 heavy (non-hydrogen) atoms. The topological polar surface area (TPSA) is 153 Å². The minimum Gasteiger partial charge on any atom is -0.463 e. The highest BCUT2D eigenvalue weighted by atomic mass is 35.5. The Morgan fingerprint density at radius 2 is 1.56 bits per heavy atom. The van der Waals surface area contributed by atoms with E-state index in [-0.39, 0.29) is 60.7 Å². The van der Waals surface area contributed by atoms with Gasteiger partial charge in [0.05, 0.1) is 36.0 Å². The van der Waals surface area contributed by atoms with E-state index in [1.54, 1.807) is 9.80 Å². The van der Waals surface area contributed by atoms with Gasteiger partial charge >= 0.3 is 24.3 Å². The Hall–Kier alpha value is -4.36. The number of nitrogens with zero attached hydrogens (tertiary/aromatic N) is 6. The van der Waals surface area contributed by atoms with Crippen molar-refractivity contribution < 1.29 is 46.6 Å². The van der Waals surface area contributed by atoms with Crippen LogP contribution in [-0.2, 0) is 42.8 Å². The van der Waals surface area contributed by atoms with Crippen LogP contribution >= 0.6 is 11.6 Å². The smallest absolute Gasteiger partial charge is 0.418 e. The van der Waals surface area contributed by atoms with Gasteiger partial charge in [-0.3, -0.25) is 24.3 Å². The number of piperazine rings is 1. The monoisotopic (exact) mass is 876 g/mol. The van der Waals surface area contributed by atoms with E-state index in [2.05, 4.69) is 20.0 Å². The Morgan fingerprint density at radius 3 is 2.26 bits per heavy atom. The molecule has 5 aliphatic heterocycles. The molecule has 2 aromatic rings. The lowest BCUT2D eigenvalue weighted by Crippen LogP contribution is -2.57. The number of hydrogen-bond acceptors (Lipinski definition) is 11. The van der Waals surface area contributed by atoms with Crippen molar-refractivity contribution in [2.45, 2.75) is 62.9 Å². The number of alkyl halides is 3. The van der Waals surface area contributed by atoms with Crippen LogP contribution in [0.5, 0.6) is 0 Å². The minimum absolute atomic E-state index is 0.0518. The number of halogens is 4. The molecule has 7 rings (SSSR count). The highest BCUT2D eigenvalue weighted by Gasteiger charge is 2.38. The SMILES string of the molecule is Nc1c(Cl)cc(CC(OC(=O)N2CCC(N3CCc4ccccc4NC3=O)CC2)C(=O)N2CCN(C3CCN(CC(=O)OCCN4CCOCC4)CC3)CC2)cc1C(F)(F)F. The molecule has 5 heterocycles. The van der Waals surface area contributed by atoms with Crippen LogP contribution in [0, 0.1) is 0 Å². The summed E-state index contributed by atoms with van der Waals surface area (Å²) in [5.74, 6) is -0.741. The number of rotatable bonds is 11. The molecule has 3 N–H and O–H groups in total. The fraction of sp³-hybridized carbons (Fsp3) is 0.619. The number of nitrogens with one attached hydrogen (secondary N) is 1. The number of likely N-dealkylation sites (tertiary alicyclic amines) is 2. The molecule has 1 unspecified atom stereocenters. The number of para-hydroxylation sites is 1. The highest BCUT2D eigenvalue weighted by Crippen LogP contribution is 2.38. The second-order valence-electron chi connectivity index (χ2n) is 16.4.